The van der Waals surface area contributed by atoms with Gasteiger partial charge in [-0.05, 0) is 48.4 Å². The minimum absolute atomic E-state index is 0.153. The number of benzene rings is 2. The van der Waals surface area contributed by atoms with E-state index in [-0.39, 0.29) is 17.5 Å². The molecule has 2 atom stereocenters. The number of ketones is 1. The second-order valence-electron chi connectivity index (χ2n) is 9.66. The summed E-state index contributed by atoms with van der Waals surface area (Å²) in [6.45, 7) is -0.907. The van der Waals surface area contributed by atoms with E-state index in [4.69, 9.17) is 4.74 Å². The van der Waals surface area contributed by atoms with Crippen molar-refractivity contribution in [2.75, 3.05) is 13.3 Å². The third kappa shape index (κ3) is 4.83. The molecule has 1 fully saturated rings. The van der Waals surface area contributed by atoms with Crippen molar-refractivity contribution in [3.8, 4) is 11.3 Å². The monoisotopic (exact) mass is 559 g/mol. The van der Waals surface area contributed by atoms with Crippen LogP contribution in [0.1, 0.15) is 23.6 Å². The van der Waals surface area contributed by atoms with Gasteiger partial charge >= 0.3 is 6.18 Å². The Morgan fingerprint density at radius 3 is 2.42 bits per heavy atom. The Kier molecular flexibility index (Phi) is 6.90. The van der Waals surface area contributed by atoms with Crippen molar-refractivity contribution in [3.63, 3.8) is 0 Å². The molecule has 2 aromatic carbocycles. The van der Waals surface area contributed by atoms with Gasteiger partial charge in [-0.2, -0.15) is 13.2 Å². The summed E-state index contributed by atoms with van der Waals surface area (Å²) in [6.07, 6.45) is -3.87. The molecule has 2 amide bonds. The number of halogens is 5. The van der Waals surface area contributed by atoms with E-state index in [1.807, 2.05) is 0 Å². The average molecular weight is 559 g/mol. The van der Waals surface area contributed by atoms with E-state index in [1.54, 1.807) is 12.1 Å². The molecule has 12 heteroatoms. The van der Waals surface area contributed by atoms with Crippen LogP contribution in [0.3, 0.4) is 0 Å². The molecule has 1 spiro atoms. The molecule has 0 unspecified atom stereocenters. The fourth-order valence-corrected chi connectivity index (χ4v) is 4.92. The molecule has 5 rings (SSSR count). The van der Waals surface area contributed by atoms with Gasteiger partial charge in [0.2, 0.25) is 11.5 Å². The van der Waals surface area contributed by atoms with Crippen molar-refractivity contribution in [2.45, 2.75) is 37.7 Å². The van der Waals surface area contributed by atoms with Gasteiger partial charge in [0.25, 0.3) is 5.91 Å². The predicted octanol–water partition coefficient (Wildman–Crippen LogP) is 4.14. The number of carbonyl (C=O) groups excluding carboxylic acids is 3. The zero-order valence-corrected chi connectivity index (χ0v) is 21.0. The van der Waals surface area contributed by atoms with Crippen molar-refractivity contribution >= 4 is 17.6 Å². The van der Waals surface area contributed by atoms with Crippen LogP contribution < -0.4 is 0 Å². The molecule has 0 radical (unpaired) electrons. The van der Waals surface area contributed by atoms with E-state index in [9.17, 15) is 36.3 Å². The number of nitrogens with zero attached hydrogens (tertiary/aromatic N) is 3. The Balaban J connectivity index is 1.38. The van der Waals surface area contributed by atoms with Crippen LogP contribution in [0.2, 0.25) is 0 Å². The number of rotatable bonds is 6. The molecule has 1 saturated heterocycles. The first-order valence-electron chi connectivity index (χ1n) is 12.2. The number of amides is 2. The Morgan fingerprint density at radius 1 is 1.07 bits per heavy atom. The zero-order chi connectivity index (χ0) is 28.8. The standard InChI is InChI=1S/C28H22F5N3O4/c1-16(28(31,32)33)36(13-17-2-5-20(29)6-3-17)25(38)14-35-15-40-27(26(35)39)22-8-4-18(10-19(22)11-24(27)37)23-9-7-21(30)12-34-23/h2-10,12,16H,11,13-15H2,1H3/t16-,27+/m0/s1. The van der Waals surface area contributed by atoms with Crippen LogP contribution in [0.4, 0.5) is 22.0 Å². The van der Waals surface area contributed by atoms with E-state index < -0.39 is 66.9 Å². The second-order valence-corrected chi connectivity index (χ2v) is 9.66. The summed E-state index contributed by atoms with van der Waals surface area (Å²) in [7, 11) is 0. The summed E-state index contributed by atoms with van der Waals surface area (Å²) in [6, 6.07) is 9.93. The molecule has 7 nitrogen and oxygen atoms in total. The minimum atomic E-state index is -4.76. The third-order valence-electron chi connectivity index (χ3n) is 7.13. The van der Waals surface area contributed by atoms with E-state index >= 15 is 0 Å². The molecule has 40 heavy (non-hydrogen) atoms. The first-order valence-corrected chi connectivity index (χ1v) is 12.2. The van der Waals surface area contributed by atoms with Gasteiger partial charge < -0.3 is 14.5 Å². The van der Waals surface area contributed by atoms with Gasteiger partial charge in [-0.25, -0.2) is 8.78 Å². The lowest BCUT2D eigenvalue weighted by Gasteiger charge is -2.32. The van der Waals surface area contributed by atoms with Crippen LogP contribution in [0.15, 0.2) is 60.8 Å². The highest BCUT2D eigenvalue weighted by molar-refractivity contribution is 6.15. The minimum Gasteiger partial charge on any atom is -0.332 e. The van der Waals surface area contributed by atoms with Gasteiger partial charge in [0.15, 0.2) is 5.78 Å². The van der Waals surface area contributed by atoms with Gasteiger partial charge in [-0.3, -0.25) is 19.4 Å². The Labute approximate surface area is 225 Å². The highest BCUT2D eigenvalue weighted by atomic mass is 19.4. The van der Waals surface area contributed by atoms with Crippen LogP contribution in [-0.2, 0) is 37.7 Å². The number of ether oxygens (including phenoxy) is 1. The van der Waals surface area contributed by atoms with E-state index in [0.29, 0.717) is 21.7 Å². The number of hydrogen-bond acceptors (Lipinski definition) is 5. The number of fused-ring (bicyclic) bond motifs is 2. The van der Waals surface area contributed by atoms with Gasteiger partial charge in [0, 0.05) is 24.1 Å². The topological polar surface area (TPSA) is 79.8 Å². The molecule has 0 N–H and O–H groups in total. The highest BCUT2D eigenvalue weighted by Gasteiger charge is 2.59. The maximum atomic E-state index is 13.6. The quantitative estimate of drug-likeness (QED) is 0.335. The molecule has 0 saturated carbocycles. The lowest BCUT2D eigenvalue weighted by molar-refractivity contribution is -0.187. The number of aromatic nitrogens is 1. The van der Waals surface area contributed by atoms with Crippen LogP contribution in [0, 0.1) is 11.6 Å². The van der Waals surface area contributed by atoms with Gasteiger partial charge in [-0.15, -0.1) is 0 Å². The SMILES string of the molecule is C[C@H](N(Cc1ccc(F)cc1)C(=O)CN1CO[C@]2(C(=O)Cc3cc(-c4ccc(F)cn4)ccc32)C1=O)C(F)(F)F. The van der Waals surface area contributed by atoms with Crippen LogP contribution in [0.5, 0.6) is 0 Å². The van der Waals surface area contributed by atoms with Crippen molar-refractivity contribution in [1.29, 1.82) is 0 Å². The summed E-state index contributed by atoms with van der Waals surface area (Å²) in [5.41, 5.74) is 0.0377. The van der Waals surface area contributed by atoms with Gasteiger partial charge in [0.1, 0.15) is 31.0 Å². The molecule has 3 aromatic rings. The summed E-state index contributed by atoms with van der Waals surface area (Å²) < 4.78 is 73.1. The Hall–Kier alpha value is -4.19. The maximum Gasteiger partial charge on any atom is 0.408 e. The smallest absolute Gasteiger partial charge is 0.332 e. The molecular formula is C28H22F5N3O4. The lowest BCUT2D eigenvalue weighted by atomic mass is 9.93. The Morgan fingerprint density at radius 2 is 1.77 bits per heavy atom. The van der Waals surface area contributed by atoms with Crippen LogP contribution in [-0.4, -0.2) is 57.9 Å². The lowest BCUT2D eigenvalue weighted by Crippen LogP contribution is -2.51. The molecule has 208 valence electrons. The summed E-state index contributed by atoms with van der Waals surface area (Å²) in [5.74, 6) is -3.54. The number of Topliss-reactive ketones (excluding diaryl/α,β-unsaturated/α-hetero) is 1. The van der Waals surface area contributed by atoms with Gasteiger partial charge in [-0.1, -0.05) is 24.3 Å². The number of hydrogen-bond donors (Lipinski definition) is 0. The van der Waals surface area contributed by atoms with E-state index in [2.05, 4.69) is 4.98 Å². The van der Waals surface area contributed by atoms with Crippen LogP contribution >= 0.6 is 0 Å². The molecule has 1 aromatic heterocycles. The third-order valence-corrected chi connectivity index (χ3v) is 7.13. The molecular weight excluding hydrogens is 537 g/mol. The Bertz CT molecular complexity index is 1480. The fourth-order valence-electron chi connectivity index (χ4n) is 4.92. The summed E-state index contributed by atoms with van der Waals surface area (Å²) in [5, 5.41) is 0. The highest BCUT2D eigenvalue weighted by Crippen LogP contribution is 2.43. The normalized spacial score (nSPS) is 19.3. The van der Waals surface area contributed by atoms with Crippen molar-refractivity contribution in [1.82, 2.24) is 14.8 Å². The molecule has 0 bridgehead atoms. The van der Waals surface area contributed by atoms with Crippen molar-refractivity contribution in [2.24, 2.45) is 0 Å². The molecule has 2 heterocycles. The summed E-state index contributed by atoms with van der Waals surface area (Å²) in [4.78, 5) is 45.2. The fraction of sp³-hybridized carbons (Fsp3) is 0.286. The van der Waals surface area contributed by atoms with Gasteiger partial charge in [0.05, 0.1) is 11.9 Å². The van der Waals surface area contributed by atoms with Crippen LogP contribution in [0.25, 0.3) is 11.3 Å². The van der Waals surface area contributed by atoms with Crippen molar-refractivity contribution in [3.05, 3.63) is 89.1 Å². The van der Waals surface area contributed by atoms with E-state index in [0.717, 1.165) is 30.2 Å². The number of alkyl halides is 3. The molecule has 1 aliphatic carbocycles. The first kappa shape index (κ1) is 27.4. The largest absolute Gasteiger partial charge is 0.408 e. The van der Waals surface area contributed by atoms with E-state index in [1.165, 1.54) is 30.3 Å². The zero-order valence-electron chi connectivity index (χ0n) is 21.0. The average Bonchev–Trinajstić information content (AvgIpc) is 3.39. The maximum absolute atomic E-state index is 13.6. The number of carbonyl (C=O) groups is 3. The second kappa shape index (κ2) is 10.1. The summed E-state index contributed by atoms with van der Waals surface area (Å²) >= 11 is 0. The molecule has 2 aliphatic rings. The number of pyridine rings is 1. The predicted molar refractivity (Wildman–Crippen MR) is 130 cm³/mol. The first-order chi connectivity index (χ1) is 18.9. The van der Waals surface area contributed by atoms with Crippen molar-refractivity contribution < 1.29 is 41.1 Å². The molecule has 1 aliphatic heterocycles.